The van der Waals surface area contributed by atoms with E-state index in [9.17, 15) is 30.3 Å². The molecule has 42 heavy (non-hydrogen) atoms. The van der Waals surface area contributed by atoms with Gasteiger partial charge in [-0.2, -0.15) is 0 Å². The Balaban J connectivity index is 1.75. The first kappa shape index (κ1) is 35.4. The van der Waals surface area contributed by atoms with Gasteiger partial charge in [0, 0.05) is 25.7 Å². The van der Waals surface area contributed by atoms with Gasteiger partial charge in [-0.25, -0.2) is 0 Å². The summed E-state index contributed by atoms with van der Waals surface area (Å²) in [6.07, 6.45) is -8.97. The normalized spacial score (nSPS) is 42.6. The minimum Gasteiger partial charge on any atom is -0.394 e. The average Bonchev–Trinajstić information content (AvgIpc) is 2.94. The van der Waals surface area contributed by atoms with Crippen LogP contribution in [0.1, 0.15) is 26.2 Å². The number of aliphatic hydroxyl groups is 6. The number of nitrogens with one attached hydrogen (secondary N) is 3. The van der Waals surface area contributed by atoms with Gasteiger partial charge in [-0.15, -0.1) is 0 Å². The first-order valence-electron chi connectivity index (χ1n) is 14.4. The minimum absolute atomic E-state index is 0.0391. The monoisotopic (exact) mass is 610 g/mol. The fourth-order valence-electron chi connectivity index (χ4n) is 5.63. The second-order valence-electron chi connectivity index (χ2n) is 11.6. The Morgan fingerprint density at radius 2 is 1.79 bits per heavy atom. The first-order chi connectivity index (χ1) is 19.8. The molecule has 0 bridgehead atoms. The van der Waals surface area contributed by atoms with Crippen molar-refractivity contribution in [2.75, 3.05) is 39.9 Å². The smallest absolute Gasteiger partial charge is 0.250 e. The Labute approximate surface area is 245 Å². The van der Waals surface area contributed by atoms with Crippen LogP contribution < -0.4 is 33.2 Å². The van der Waals surface area contributed by atoms with Gasteiger partial charge in [0.25, 0.3) is 0 Å². The number of amides is 1. The number of carbonyl (C=O) groups is 1. The molecule has 1 aliphatic carbocycles. The van der Waals surface area contributed by atoms with Crippen LogP contribution in [0.5, 0.6) is 0 Å². The predicted molar refractivity (Wildman–Crippen MR) is 146 cm³/mol. The summed E-state index contributed by atoms with van der Waals surface area (Å²) >= 11 is 0. The number of ether oxygens (including phenoxy) is 4. The maximum atomic E-state index is 12.5. The highest BCUT2D eigenvalue weighted by Crippen LogP contribution is 2.32. The summed E-state index contributed by atoms with van der Waals surface area (Å²) in [6.45, 7) is 1.12. The highest BCUT2D eigenvalue weighted by atomic mass is 16.7. The highest BCUT2D eigenvalue weighted by Gasteiger charge is 2.52. The van der Waals surface area contributed by atoms with Crippen LogP contribution in [0.15, 0.2) is 0 Å². The lowest BCUT2D eigenvalue weighted by molar-refractivity contribution is -0.307. The Bertz CT molecular complexity index is 847. The molecule has 2 saturated heterocycles. The lowest BCUT2D eigenvalue weighted by atomic mass is 9.83. The molecule has 2 aliphatic heterocycles. The van der Waals surface area contributed by atoms with E-state index < -0.39 is 84.9 Å². The molecule has 0 aromatic carbocycles. The van der Waals surface area contributed by atoms with Crippen molar-refractivity contribution in [3.05, 3.63) is 0 Å². The lowest BCUT2D eigenvalue weighted by Gasteiger charge is -2.49. The third-order valence-corrected chi connectivity index (χ3v) is 8.06. The summed E-state index contributed by atoms with van der Waals surface area (Å²) < 4.78 is 23.8. The molecule has 3 fully saturated rings. The van der Waals surface area contributed by atoms with E-state index in [1.165, 1.54) is 6.92 Å². The van der Waals surface area contributed by atoms with E-state index in [1.54, 1.807) is 7.05 Å². The van der Waals surface area contributed by atoms with Gasteiger partial charge in [0.15, 0.2) is 12.6 Å². The summed E-state index contributed by atoms with van der Waals surface area (Å²) in [5, 5.41) is 70.0. The molecule has 0 spiro atoms. The van der Waals surface area contributed by atoms with E-state index in [2.05, 4.69) is 16.0 Å². The third-order valence-electron chi connectivity index (χ3n) is 8.06. The second kappa shape index (κ2) is 15.7. The molecular weight excluding hydrogens is 560 g/mol. The lowest BCUT2D eigenvalue weighted by Crippen LogP contribution is -2.69. The molecule has 0 aromatic heterocycles. The van der Waals surface area contributed by atoms with E-state index >= 15 is 0 Å². The van der Waals surface area contributed by atoms with Gasteiger partial charge >= 0.3 is 0 Å². The highest BCUT2D eigenvalue weighted by molar-refractivity contribution is 5.81. The fraction of sp³-hybridized carbons (Fsp3) is 0.960. The number of hydrogen-bond acceptors (Lipinski definition) is 16. The van der Waals surface area contributed by atoms with Crippen molar-refractivity contribution in [2.24, 2.45) is 17.2 Å². The molecule has 15 N–H and O–H groups in total. The summed E-state index contributed by atoms with van der Waals surface area (Å²) in [5.74, 6) is -0.796. The van der Waals surface area contributed by atoms with E-state index in [0.717, 1.165) is 0 Å². The Kier molecular flexibility index (Phi) is 13.2. The molecule has 3 rings (SSSR count). The third kappa shape index (κ3) is 8.74. The molecule has 0 radical (unpaired) electrons. The Hall–Kier alpha value is -1.13. The molecule has 246 valence electrons. The van der Waals surface area contributed by atoms with E-state index in [1.807, 2.05) is 0 Å². The topological polar surface area (TPSA) is 290 Å². The van der Waals surface area contributed by atoms with Crippen LogP contribution in [-0.4, -0.2) is 162 Å². The van der Waals surface area contributed by atoms with Gasteiger partial charge in [-0.1, -0.05) is 0 Å². The molecule has 1 amide bonds. The van der Waals surface area contributed by atoms with Crippen molar-refractivity contribution in [3.63, 3.8) is 0 Å². The second-order valence-corrected chi connectivity index (χ2v) is 11.6. The SMILES string of the molecule is CN[C@@H]1[C@@H](O)[C@@H](O[C@@H]2[C@H](O)[C@H](O[C@H]3O[C@H](CNC[C@H](O)CO)CC[C@H]3N)[C@@H](N)C[C@H]2NC(=O)[C@@H](O)CN)OC[C@]1(C)O. The van der Waals surface area contributed by atoms with E-state index in [4.69, 9.17) is 41.3 Å². The molecule has 0 unspecified atom stereocenters. The summed E-state index contributed by atoms with van der Waals surface area (Å²) in [4.78, 5) is 12.5. The Morgan fingerprint density at radius 3 is 2.43 bits per heavy atom. The van der Waals surface area contributed by atoms with Crippen LogP contribution in [-0.2, 0) is 23.7 Å². The summed E-state index contributed by atoms with van der Waals surface area (Å²) in [6, 6.07) is -3.15. The number of likely N-dealkylation sites (N-methyl/N-ethyl adjacent to an activating group) is 1. The number of rotatable bonds is 13. The molecule has 17 heteroatoms. The number of carbonyl (C=O) groups excluding carboxylic acids is 1. The van der Waals surface area contributed by atoms with Crippen LogP contribution in [0.3, 0.4) is 0 Å². The first-order valence-corrected chi connectivity index (χ1v) is 14.4. The van der Waals surface area contributed by atoms with Gasteiger partial charge in [0.2, 0.25) is 5.91 Å². The van der Waals surface area contributed by atoms with Gasteiger partial charge in [-0.05, 0) is 33.2 Å². The standard InChI is InChI=1S/C25H50N6O11/c1-25(38)10-39-24(18(36)21(25)29-2)42-20-15(31-22(37)16(34)6-26)5-14(28)19(17(20)35)41-23-13(27)4-3-12(40-23)8-30-7-11(33)9-32/h11-21,23-24,29-30,32-36,38H,3-10,26-28H2,1-2H3,(H,31,37)/t11-,12-,13+,14-,15+,16-,17+,18+,19+,20-,21+,23+,24+,25-/m0/s1. The summed E-state index contributed by atoms with van der Waals surface area (Å²) in [7, 11) is 1.56. The zero-order chi connectivity index (χ0) is 31.2. The zero-order valence-electron chi connectivity index (χ0n) is 24.1. The number of aliphatic hydroxyl groups excluding tert-OH is 5. The molecule has 1 saturated carbocycles. The number of nitrogens with two attached hydrogens (primary N) is 3. The maximum absolute atomic E-state index is 12.5. The fourth-order valence-corrected chi connectivity index (χ4v) is 5.63. The van der Waals surface area contributed by atoms with Gasteiger partial charge < -0.3 is 82.7 Å². The van der Waals surface area contributed by atoms with E-state index in [0.29, 0.717) is 19.4 Å². The average molecular weight is 611 g/mol. The van der Waals surface area contributed by atoms with Gasteiger partial charge in [0.1, 0.15) is 36.1 Å². The largest absolute Gasteiger partial charge is 0.394 e. The molecule has 2 heterocycles. The van der Waals surface area contributed by atoms with Crippen LogP contribution >= 0.6 is 0 Å². The summed E-state index contributed by atoms with van der Waals surface area (Å²) in [5.41, 5.74) is 16.7. The Morgan fingerprint density at radius 1 is 1.10 bits per heavy atom. The maximum Gasteiger partial charge on any atom is 0.250 e. The van der Waals surface area contributed by atoms with Crippen molar-refractivity contribution >= 4 is 5.91 Å². The number of hydrogen-bond donors (Lipinski definition) is 12. The molecule has 17 nitrogen and oxygen atoms in total. The molecule has 14 atom stereocenters. The van der Waals surface area contributed by atoms with Crippen molar-refractivity contribution in [1.82, 2.24) is 16.0 Å². The van der Waals surface area contributed by atoms with Crippen LogP contribution in [0, 0.1) is 0 Å². The van der Waals surface area contributed by atoms with Gasteiger partial charge in [0.05, 0.1) is 43.5 Å². The molecule has 0 aromatic rings. The van der Waals surface area contributed by atoms with Crippen molar-refractivity contribution < 1.29 is 54.4 Å². The van der Waals surface area contributed by atoms with Crippen molar-refractivity contribution in [3.8, 4) is 0 Å². The molecule has 3 aliphatic rings. The zero-order valence-corrected chi connectivity index (χ0v) is 24.1. The minimum atomic E-state index is -1.51. The van der Waals surface area contributed by atoms with Crippen LogP contribution in [0.2, 0.25) is 0 Å². The van der Waals surface area contributed by atoms with E-state index in [-0.39, 0.29) is 38.8 Å². The van der Waals surface area contributed by atoms with Crippen molar-refractivity contribution in [1.29, 1.82) is 0 Å². The quantitative estimate of drug-likeness (QED) is 0.0922. The van der Waals surface area contributed by atoms with Crippen LogP contribution in [0.25, 0.3) is 0 Å². The van der Waals surface area contributed by atoms with Crippen molar-refractivity contribution in [2.45, 2.75) is 111 Å². The van der Waals surface area contributed by atoms with Crippen LogP contribution in [0.4, 0.5) is 0 Å². The van der Waals surface area contributed by atoms with Gasteiger partial charge in [-0.3, -0.25) is 4.79 Å². The predicted octanol–water partition coefficient (Wildman–Crippen LogP) is -6.52. The molecular formula is C25H50N6O11.